The molecule has 0 unspecified atom stereocenters. The van der Waals surface area contributed by atoms with E-state index in [2.05, 4.69) is 33.9 Å². The van der Waals surface area contributed by atoms with E-state index in [1.807, 2.05) is 0 Å². The van der Waals surface area contributed by atoms with Gasteiger partial charge < -0.3 is 14.4 Å². The lowest BCUT2D eigenvalue weighted by Crippen LogP contribution is -2.47. The zero-order chi connectivity index (χ0) is 21.5. The molecule has 0 aliphatic heterocycles. The minimum atomic E-state index is -1.96. The first-order chi connectivity index (χ1) is 12.9. The molecule has 1 atom stereocenters. The van der Waals surface area contributed by atoms with Crippen LogP contribution in [0.15, 0.2) is 18.2 Å². The van der Waals surface area contributed by atoms with Crippen LogP contribution in [0.4, 0.5) is 8.78 Å². The van der Waals surface area contributed by atoms with Gasteiger partial charge in [-0.25, -0.2) is 8.78 Å². The number of hydrogen-bond acceptors (Lipinski definition) is 3. The second-order valence-electron chi connectivity index (χ2n) is 8.81. The van der Waals surface area contributed by atoms with Gasteiger partial charge in [-0.05, 0) is 49.0 Å². The highest BCUT2D eigenvalue weighted by atomic mass is 28.4. The fraction of sp³-hybridized carbons (Fsp3) is 0.667. The molecule has 7 heteroatoms. The summed E-state index contributed by atoms with van der Waals surface area (Å²) >= 11 is 0. The SMILES string of the molecule is CN(C(=O)CCc1cccc(F)c1F)[C@@H](CCCO)CO[Si](C)(C)C(C)(C)C. The predicted molar refractivity (Wildman–Crippen MR) is 111 cm³/mol. The number of aliphatic hydroxyl groups is 1. The molecule has 0 saturated heterocycles. The van der Waals surface area contributed by atoms with E-state index in [4.69, 9.17) is 4.43 Å². The average molecular weight is 416 g/mol. The summed E-state index contributed by atoms with van der Waals surface area (Å²) in [5.74, 6) is -1.94. The largest absolute Gasteiger partial charge is 0.415 e. The van der Waals surface area contributed by atoms with Gasteiger partial charge in [0, 0.05) is 20.1 Å². The first-order valence-corrected chi connectivity index (χ1v) is 12.7. The van der Waals surface area contributed by atoms with E-state index in [-0.39, 0.29) is 42.0 Å². The van der Waals surface area contributed by atoms with E-state index in [0.29, 0.717) is 19.4 Å². The summed E-state index contributed by atoms with van der Waals surface area (Å²) in [6.07, 6.45) is 1.43. The van der Waals surface area contributed by atoms with Crippen LogP contribution in [-0.4, -0.2) is 50.5 Å². The summed E-state index contributed by atoms with van der Waals surface area (Å²) < 4.78 is 33.4. The highest BCUT2D eigenvalue weighted by Crippen LogP contribution is 2.36. The zero-order valence-electron chi connectivity index (χ0n) is 18.0. The van der Waals surface area contributed by atoms with Crippen molar-refractivity contribution in [2.75, 3.05) is 20.3 Å². The third-order valence-electron chi connectivity index (χ3n) is 5.72. The van der Waals surface area contributed by atoms with E-state index in [1.54, 1.807) is 11.9 Å². The second-order valence-corrected chi connectivity index (χ2v) is 13.6. The van der Waals surface area contributed by atoms with E-state index >= 15 is 0 Å². The van der Waals surface area contributed by atoms with Crippen molar-refractivity contribution in [3.05, 3.63) is 35.4 Å². The molecule has 28 heavy (non-hydrogen) atoms. The van der Waals surface area contributed by atoms with Gasteiger partial charge in [0.1, 0.15) is 0 Å². The van der Waals surface area contributed by atoms with Crippen LogP contribution in [-0.2, 0) is 15.6 Å². The van der Waals surface area contributed by atoms with Crippen LogP contribution in [0.5, 0.6) is 0 Å². The number of aryl methyl sites for hydroxylation is 1. The molecule has 1 amide bonds. The first kappa shape index (κ1) is 24.7. The molecule has 0 aromatic heterocycles. The van der Waals surface area contributed by atoms with Crippen molar-refractivity contribution < 1.29 is 23.1 Å². The maximum absolute atomic E-state index is 13.8. The van der Waals surface area contributed by atoms with Crippen molar-refractivity contribution in [1.82, 2.24) is 4.90 Å². The predicted octanol–water partition coefficient (Wildman–Crippen LogP) is 4.52. The molecule has 1 aromatic carbocycles. The summed E-state index contributed by atoms with van der Waals surface area (Å²) in [7, 11) is -0.255. The molecule has 0 aliphatic rings. The summed E-state index contributed by atoms with van der Waals surface area (Å²) in [6.45, 7) is 11.2. The average Bonchev–Trinajstić information content (AvgIpc) is 2.61. The van der Waals surface area contributed by atoms with Crippen molar-refractivity contribution in [2.45, 2.75) is 70.6 Å². The summed E-state index contributed by atoms with van der Waals surface area (Å²) in [4.78, 5) is 14.3. The van der Waals surface area contributed by atoms with Gasteiger partial charge >= 0.3 is 0 Å². The number of likely N-dealkylation sites (N-methyl/N-ethyl adjacent to an activating group) is 1. The highest BCUT2D eigenvalue weighted by Gasteiger charge is 2.38. The van der Waals surface area contributed by atoms with Crippen LogP contribution in [0.1, 0.15) is 45.6 Å². The minimum absolute atomic E-state index is 0.0487. The second kappa shape index (κ2) is 10.5. The molecule has 0 spiro atoms. The Hall–Kier alpha value is -1.31. The lowest BCUT2D eigenvalue weighted by Gasteiger charge is -2.38. The number of carbonyl (C=O) groups excluding carboxylic acids is 1. The van der Waals surface area contributed by atoms with Crippen molar-refractivity contribution in [1.29, 1.82) is 0 Å². The number of hydrogen-bond donors (Lipinski definition) is 1. The van der Waals surface area contributed by atoms with Gasteiger partial charge in [0.05, 0.1) is 12.6 Å². The van der Waals surface area contributed by atoms with Crippen molar-refractivity contribution in [2.24, 2.45) is 0 Å². The number of halogens is 2. The van der Waals surface area contributed by atoms with E-state index < -0.39 is 20.0 Å². The van der Waals surface area contributed by atoms with Crippen molar-refractivity contribution >= 4 is 14.2 Å². The number of amides is 1. The van der Waals surface area contributed by atoms with Gasteiger partial charge in [0.25, 0.3) is 0 Å². The maximum Gasteiger partial charge on any atom is 0.222 e. The Bertz CT molecular complexity index is 647. The number of aliphatic hydroxyl groups excluding tert-OH is 1. The number of carbonyl (C=O) groups is 1. The van der Waals surface area contributed by atoms with Crippen LogP contribution in [0.25, 0.3) is 0 Å². The third-order valence-corrected chi connectivity index (χ3v) is 10.2. The Morgan fingerprint density at radius 3 is 2.50 bits per heavy atom. The molecule has 0 bridgehead atoms. The van der Waals surface area contributed by atoms with Crippen LogP contribution < -0.4 is 0 Å². The fourth-order valence-electron chi connectivity index (χ4n) is 2.60. The molecule has 0 fully saturated rings. The number of benzene rings is 1. The fourth-order valence-corrected chi connectivity index (χ4v) is 3.64. The molecule has 1 N–H and O–H groups in total. The molecule has 1 rings (SSSR count). The van der Waals surface area contributed by atoms with Crippen LogP contribution in [0.3, 0.4) is 0 Å². The van der Waals surface area contributed by atoms with E-state index in [0.717, 1.165) is 6.07 Å². The lowest BCUT2D eigenvalue weighted by molar-refractivity contribution is -0.132. The third kappa shape index (κ3) is 6.94. The molecule has 0 saturated carbocycles. The van der Waals surface area contributed by atoms with Gasteiger partial charge in [0.15, 0.2) is 20.0 Å². The first-order valence-electron chi connectivity index (χ1n) is 9.84. The molecule has 0 aliphatic carbocycles. The van der Waals surface area contributed by atoms with Gasteiger partial charge in [-0.1, -0.05) is 32.9 Å². The smallest absolute Gasteiger partial charge is 0.222 e. The minimum Gasteiger partial charge on any atom is -0.415 e. The summed E-state index contributed by atoms with van der Waals surface area (Å²) in [5.41, 5.74) is 0.200. The zero-order valence-corrected chi connectivity index (χ0v) is 19.0. The molecule has 1 aromatic rings. The normalized spacial score (nSPS) is 13.5. The van der Waals surface area contributed by atoms with Gasteiger partial charge in [-0.2, -0.15) is 0 Å². The van der Waals surface area contributed by atoms with E-state index in [9.17, 15) is 18.7 Å². The van der Waals surface area contributed by atoms with Gasteiger partial charge in [-0.15, -0.1) is 0 Å². The summed E-state index contributed by atoms with van der Waals surface area (Å²) in [6, 6.07) is 3.84. The molecular weight excluding hydrogens is 380 g/mol. The maximum atomic E-state index is 13.8. The molecule has 4 nitrogen and oxygen atoms in total. The molecule has 160 valence electrons. The Kier molecular flexibility index (Phi) is 9.24. The summed E-state index contributed by atoms with van der Waals surface area (Å²) in [5, 5.41) is 9.25. The number of rotatable bonds is 10. The Labute approximate surface area is 169 Å². The lowest BCUT2D eigenvalue weighted by atomic mass is 10.1. The topological polar surface area (TPSA) is 49.8 Å². The number of nitrogens with zero attached hydrogens (tertiary/aromatic N) is 1. The quantitative estimate of drug-likeness (QED) is 0.572. The molecule has 0 heterocycles. The van der Waals surface area contributed by atoms with Gasteiger partial charge in [-0.3, -0.25) is 4.79 Å². The highest BCUT2D eigenvalue weighted by molar-refractivity contribution is 6.74. The van der Waals surface area contributed by atoms with E-state index in [1.165, 1.54) is 12.1 Å². The molecular formula is C21H35F2NO3Si. The van der Waals surface area contributed by atoms with Crippen LogP contribution in [0.2, 0.25) is 18.1 Å². The van der Waals surface area contributed by atoms with Crippen LogP contribution in [0, 0.1) is 11.6 Å². The monoisotopic (exact) mass is 415 g/mol. The van der Waals surface area contributed by atoms with Crippen molar-refractivity contribution in [3.8, 4) is 0 Å². The Morgan fingerprint density at radius 1 is 1.29 bits per heavy atom. The Morgan fingerprint density at radius 2 is 1.93 bits per heavy atom. The molecule has 0 radical (unpaired) electrons. The standard InChI is InChI=1S/C21H35F2NO3Si/c1-21(2,3)28(5,6)27-15-17(10-8-14-25)24(4)19(26)13-12-16-9-7-11-18(22)20(16)23/h7,9,11,17,25H,8,10,12-15H2,1-6H3/t17-/m0/s1. The Balaban J connectivity index is 2.75. The van der Waals surface area contributed by atoms with Gasteiger partial charge in [0.2, 0.25) is 5.91 Å². The van der Waals surface area contributed by atoms with Crippen molar-refractivity contribution in [3.63, 3.8) is 0 Å². The van der Waals surface area contributed by atoms with Crippen LogP contribution >= 0.6 is 0 Å².